The van der Waals surface area contributed by atoms with Crippen LogP contribution in [-0.4, -0.2) is 37.9 Å². The molecule has 4 aromatic rings. The van der Waals surface area contributed by atoms with E-state index in [9.17, 15) is 5.11 Å². The summed E-state index contributed by atoms with van der Waals surface area (Å²) >= 11 is 0. The van der Waals surface area contributed by atoms with Crippen LogP contribution in [0, 0.1) is 0 Å². The maximum atomic E-state index is 10.2. The van der Waals surface area contributed by atoms with Gasteiger partial charge in [-0.05, 0) is 19.8 Å². The van der Waals surface area contributed by atoms with Crippen LogP contribution < -0.4 is 5.73 Å². The summed E-state index contributed by atoms with van der Waals surface area (Å²) in [5.41, 5.74) is 10.8. The van der Waals surface area contributed by atoms with Gasteiger partial charge < -0.3 is 15.7 Å². The zero-order valence-electron chi connectivity index (χ0n) is 18.1. The molecule has 3 N–H and O–H groups in total. The van der Waals surface area contributed by atoms with Gasteiger partial charge in [0.25, 0.3) is 0 Å². The third-order valence-corrected chi connectivity index (χ3v) is 6.01. The molecule has 0 spiro atoms. The van der Waals surface area contributed by atoms with E-state index in [0.29, 0.717) is 18.7 Å². The van der Waals surface area contributed by atoms with Crippen molar-refractivity contribution >= 4 is 17.0 Å². The number of rotatable bonds is 5. The lowest BCUT2D eigenvalue weighted by Gasteiger charge is -2.40. The highest BCUT2D eigenvalue weighted by Gasteiger charge is 2.41. The van der Waals surface area contributed by atoms with Crippen molar-refractivity contribution in [3.05, 3.63) is 83.9 Å². The number of benzene rings is 2. The molecule has 2 aromatic heterocycles. The van der Waals surface area contributed by atoms with Crippen molar-refractivity contribution < 1.29 is 9.94 Å². The van der Waals surface area contributed by atoms with Gasteiger partial charge in [0.2, 0.25) is 0 Å². The lowest BCUT2D eigenvalue weighted by atomic mass is 9.72. The van der Waals surface area contributed by atoms with Gasteiger partial charge in [0.1, 0.15) is 35.7 Å². The minimum absolute atomic E-state index is 0.186. The molecular weight excluding hydrogens is 402 g/mol. The second kappa shape index (κ2) is 7.76. The van der Waals surface area contributed by atoms with Crippen LogP contribution in [-0.2, 0) is 4.84 Å². The van der Waals surface area contributed by atoms with Crippen molar-refractivity contribution in [1.29, 1.82) is 0 Å². The van der Waals surface area contributed by atoms with Crippen LogP contribution in [0.15, 0.2) is 72.1 Å². The SMILES string of the molecule is CON=C(c1ccccc1)c1ccc(-c2nc(C3CC(C)(O)C3)n3ccnc(N)c23)cc1. The van der Waals surface area contributed by atoms with Crippen molar-refractivity contribution in [2.45, 2.75) is 31.3 Å². The maximum Gasteiger partial charge on any atom is 0.150 e. The van der Waals surface area contributed by atoms with E-state index in [2.05, 4.69) is 10.1 Å². The molecule has 2 heterocycles. The average molecular weight is 428 g/mol. The predicted molar refractivity (Wildman–Crippen MR) is 125 cm³/mol. The molecule has 1 aliphatic rings. The standard InChI is InChI=1S/C25H25N5O2/c1-25(31)14-19(15-25)24-28-21(22-23(26)27-12-13-30(22)24)18-10-8-17(9-11-18)20(29-32-2)16-6-4-3-5-7-16/h3-13,19,31H,14-15H2,1-2H3,(H2,26,27). The van der Waals surface area contributed by atoms with Crippen LogP contribution in [0.4, 0.5) is 5.82 Å². The van der Waals surface area contributed by atoms with E-state index in [0.717, 1.165) is 39.4 Å². The Morgan fingerprint density at radius 1 is 1.12 bits per heavy atom. The largest absolute Gasteiger partial charge is 0.399 e. The number of imidazole rings is 1. The van der Waals surface area contributed by atoms with Crippen LogP contribution in [0.5, 0.6) is 0 Å². The van der Waals surface area contributed by atoms with E-state index in [1.165, 1.54) is 0 Å². The minimum Gasteiger partial charge on any atom is -0.399 e. The van der Waals surface area contributed by atoms with E-state index < -0.39 is 5.60 Å². The number of nitrogens with zero attached hydrogens (tertiary/aromatic N) is 4. The molecule has 0 radical (unpaired) electrons. The highest BCUT2D eigenvalue weighted by Crippen LogP contribution is 2.45. The van der Waals surface area contributed by atoms with Gasteiger partial charge in [0.05, 0.1) is 5.60 Å². The number of aliphatic hydroxyl groups is 1. The first-order valence-electron chi connectivity index (χ1n) is 10.6. The molecule has 7 heteroatoms. The number of fused-ring (bicyclic) bond motifs is 1. The zero-order valence-corrected chi connectivity index (χ0v) is 18.1. The summed E-state index contributed by atoms with van der Waals surface area (Å²) < 4.78 is 2.01. The molecule has 0 atom stereocenters. The van der Waals surface area contributed by atoms with Crippen LogP contribution in [0.3, 0.4) is 0 Å². The Balaban J connectivity index is 1.56. The van der Waals surface area contributed by atoms with Gasteiger partial charge in [0, 0.05) is 35.0 Å². The van der Waals surface area contributed by atoms with E-state index in [1.54, 1.807) is 13.3 Å². The molecule has 1 saturated carbocycles. The van der Waals surface area contributed by atoms with Crippen LogP contribution >= 0.6 is 0 Å². The molecule has 1 aliphatic carbocycles. The Morgan fingerprint density at radius 3 is 2.47 bits per heavy atom. The fourth-order valence-corrected chi connectivity index (χ4v) is 4.51. The summed E-state index contributed by atoms with van der Waals surface area (Å²) in [6.45, 7) is 1.86. The van der Waals surface area contributed by atoms with E-state index >= 15 is 0 Å². The first-order chi connectivity index (χ1) is 15.5. The second-order valence-corrected chi connectivity index (χ2v) is 8.52. The monoisotopic (exact) mass is 427 g/mol. The van der Waals surface area contributed by atoms with Crippen LogP contribution in [0.25, 0.3) is 16.8 Å². The van der Waals surface area contributed by atoms with Gasteiger partial charge in [0.15, 0.2) is 0 Å². The smallest absolute Gasteiger partial charge is 0.150 e. The van der Waals surface area contributed by atoms with Crippen molar-refractivity contribution in [2.75, 3.05) is 12.8 Å². The molecule has 2 aromatic carbocycles. The average Bonchev–Trinajstić information content (AvgIpc) is 3.17. The number of hydrogen-bond acceptors (Lipinski definition) is 6. The van der Waals surface area contributed by atoms with Crippen molar-refractivity contribution in [3.63, 3.8) is 0 Å². The van der Waals surface area contributed by atoms with Gasteiger partial charge in [-0.3, -0.25) is 4.40 Å². The van der Waals surface area contributed by atoms with Gasteiger partial charge in [-0.15, -0.1) is 0 Å². The number of aromatic nitrogens is 3. The Labute approximate surface area is 186 Å². The number of nitrogens with two attached hydrogens (primary N) is 1. The molecule has 0 amide bonds. The quantitative estimate of drug-likeness (QED) is 0.370. The highest BCUT2D eigenvalue weighted by molar-refractivity contribution is 6.12. The molecule has 7 nitrogen and oxygen atoms in total. The van der Waals surface area contributed by atoms with Gasteiger partial charge in [-0.2, -0.15) is 0 Å². The van der Waals surface area contributed by atoms with Gasteiger partial charge >= 0.3 is 0 Å². The fraction of sp³-hybridized carbons (Fsp3) is 0.240. The summed E-state index contributed by atoms with van der Waals surface area (Å²) in [5.74, 6) is 1.53. The molecule has 0 unspecified atom stereocenters. The summed E-state index contributed by atoms with van der Waals surface area (Å²) in [4.78, 5) is 14.3. The molecule has 32 heavy (non-hydrogen) atoms. The summed E-state index contributed by atoms with van der Waals surface area (Å²) in [7, 11) is 1.55. The number of nitrogen functional groups attached to an aromatic ring is 1. The Kier molecular flexibility index (Phi) is 4.90. The lowest BCUT2D eigenvalue weighted by molar-refractivity contribution is -0.0335. The molecule has 162 valence electrons. The first-order valence-corrected chi connectivity index (χ1v) is 10.6. The molecular formula is C25H25N5O2. The third-order valence-electron chi connectivity index (χ3n) is 6.01. The van der Waals surface area contributed by atoms with E-state index in [-0.39, 0.29) is 5.92 Å². The Hall–Kier alpha value is -3.71. The van der Waals surface area contributed by atoms with E-state index in [1.807, 2.05) is 72.1 Å². The molecule has 1 fully saturated rings. The van der Waals surface area contributed by atoms with Crippen molar-refractivity contribution in [3.8, 4) is 11.3 Å². The van der Waals surface area contributed by atoms with E-state index in [4.69, 9.17) is 15.6 Å². The number of oxime groups is 1. The second-order valence-electron chi connectivity index (χ2n) is 8.52. The van der Waals surface area contributed by atoms with Gasteiger partial charge in [-0.1, -0.05) is 59.8 Å². The highest BCUT2D eigenvalue weighted by atomic mass is 16.6. The predicted octanol–water partition coefficient (Wildman–Crippen LogP) is 4.01. The molecule has 5 rings (SSSR count). The maximum absolute atomic E-state index is 10.2. The number of anilines is 1. The first kappa shape index (κ1) is 20.2. The van der Waals surface area contributed by atoms with Gasteiger partial charge in [-0.25, -0.2) is 9.97 Å². The fourth-order valence-electron chi connectivity index (χ4n) is 4.51. The topological polar surface area (TPSA) is 98.0 Å². The molecule has 0 saturated heterocycles. The Morgan fingerprint density at radius 2 is 1.81 bits per heavy atom. The Bertz CT molecular complexity index is 1290. The van der Waals surface area contributed by atoms with Crippen LogP contribution in [0.2, 0.25) is 0 Å². The zero-order chi connectivity index (χ0) is 22.3. The van der Waals surface area contributed by atoms with Crippen molar-refractivity contribution in [2.24, 2.45) is 5.16 Å². The lowest BCUT2D eigenvalue weighted by Crippen LogP contribution is -2.40. The third kappa shape index (κ3) is 3.50. The normalized spacial score (nSPS) is 20.8. The molecule has 0 aliphatic heterocycles. The van der Waals surface area contributed by atoms with Crippen molar-refractivity contribution in [1.82, 2.24) is 14.4 Å². The van der Waals surface area contributed by atoms with Crippen LogP contribution in [0.1, 0.15) is 42.6 Å². The minimum atomic E-state index is -0.634. The molecule has 0 bridgehead atoms. The summed E-state index contributed by atoms with van der Waals surface area (Å²) in [5, 5.41) is 14.5. The number of hydrogen-bond donors (Lipinski definition) is 2. The summed E-state index contributed by atoms with van der Waals surface area (Å²) in [6.07, 6.45) is 4.93. The summed E-state index contributed by atoms with van der Waals surface area (Å²) in [6, 6.07) is 18.0.